The predicted molar refractivity (Wildman–Crippen MR) is 76.7 cm³/mol. The zero-order valence-corrected chi connectivity index (χ0v) is 12.0. The van der Waals surface area contributed by atoms with Crippen molar-refractivity contribution in [2.45, 2.75) is 24.6 Å². The number of halogens is 1. The number of nitrogens with one attached hydrogen (secondary N) is 1. The molecule has 0 spiro atoms. The molecular weight excluding hydrogens is 278 g/mol. The van der Waals surface area contributed by atoms with Crippen LogP contribution in [0.4, 0.5) is 0 Å². The van der Waals surface area contributed by atoms with Crippen molar-refractivity contribution >= 4 is 17.5 Å². The average molecular weight is 296 g/mol. The average Bonchev–Trinajstić information content (AvgIpc) is 2.89. The lowest BCUT2D eigenvalue weighted by Gasteiger charge is -2.21. The molecule has 1 amide bonds. The van der Waals surface area contributed by atoms with Crippen LogP contribution in [0.3, 0.4) is 0 Å². The molecule has 5 heteroatoms. The second kappa shape index (κ2) is 5.92. The van der Waals surface area contributed by atoms with Crippen LogP contribution in [0.5, 0.6) is 11.5 Å². The monoisotopic (exact) mass is 295 g/mol. The Bertz CT molecular complexity index is 506. The van der Waals surface area contributed by atoms with Gasteiger partial charge in [-0.25, -0.2) is 0 Å². The highest BCUT2D eigenvalue weighted by Gasteiger charge is 2.26. The molecule has 1 N–H and O–H groups in total. The Labute approximate surface area is 123 Å². The third kappa shape index (κ3) is 2.70. The van der Waals surface area contributed by atoms with Gasteiger partial charge in [0, 0.05) is 11.9 Å². The number of rotatable bonds is 3. The van der Waals surface area contributed by atoms with Crippen molar-refractivity contribution in [3.63, 3.8) is 0 Å². The number of carbonyl (C=O) groups excluding carboxylic acids is 1. The van der Waals surface area contributed by atoms with E-state index in [1.165, 1.54) is 0 Å². The molecule has 0 bridgehead atoms. The summed E-state index contributed by atoms with van der Waals surface area (Å²) < 4.78 is 11.0. The summed E-state index contributed by atoms with van der Waals surface area (Å²) >= 11 is 6.23. The number of hydrogen-bond donors (Lipinski definition) is 1. The smallest absolute Gasteiger partial charge is 0.255 e. The molecule has 1 saturated carbocycles. The molecule has 108 valence electrons. The first kappa shape index (κ1) is 13.6. The Balaban J connectivity index is 1.68. The summed E-state index contributed by atoms with van der Waals surface area (Å²) in [4.78, 5) is 12.3. The van der Waals surface area contributed by atoms with Crippen LogP contribution >= 0.6 is 11.6 Å². The Hall–Kier alpha value is -1.42. The van der Waals surface area contributed by atoms with Gasteiger partial charge in [-0.15, -0.1) is 11.6 Å². The molecule has 2 aliphatic rings. The maximum Gasteiger partial charge on any atom is 0.255 e. The molecule has 1 heterocycles. The summed E-state index contributed by atoms with van der Waals surface area (Å²) in [7, 11) is 0. The van der Waals surface area contributed by atoms with Crippen LogP contribution in [-0.4, -0.2) is 31.0 Å². The molecule has 0 saturated heterocycles. The van der Waals surface area contributed by atoms with E-state index >= 15 is 0 Å². The van der Waals surface area contributed by atoms with Crippen LogP contribution < -0.4 is 14.8 Å². The maximum atomic E-state index is 12.3. The summed E-state index contributed by atoms with van der Waals surface area (Å²) in [6, 6.07) is 5.38. The number of para-hydroxylation sites is 1. The fourth-order valence-corrected chi connectivity index (χ4v) is 3.16. The van der Waals surface area contributed by atoms with Gasteiger partial charge in [-0.2, -0.15) is 0 Å². The lowest BCUT2D eigenvalue weighted by molar-refractivity contribution is 0.0936. The summed E-state index contributed by atoms with van der Waals surface area (Å²) in [5, 5.41) is 3.14. The Morgan fingerprint density at radius 1 is 1.30 bits per heavy atom. The number of ether oxygens (including phenoxy) is 2. The largest absolute Gasteiger partial charge is 0.486 e. The molecule has 0 aromatic heterocycles. The summed E-state index contributed by atoms with van der Waals surface area (Å²) in [5.41, 5.74) is 0.534. The van der Waals surface area contributed by atoms with Crippen LogP contribution in [0.1, 0.15) is 29.6 Å². The fourth-order valence-electron chi connectivity index (χ4n) is 2.79. The SMILES string of the molecule is O=C(NCC1CCCC1Cl)c1cccc2c1OCCO2. The highest BCUT2D eigenvalue weighted by Crippen LogP contribution is 2.34. The number of alkyl halides is 1. The van der Waals surface area contributed by atoms with Crippen LogP contribution in [-0.2, 0) is 0 Å². The van der Waals surface area contributed by atoms with Gasteiger partial charge in [0.15, 0.2) is 11.5 Å². The minimum atomic E-state index is -0.122. The van der Waals surface area contributed by atoms with Gasteiger partial charge in [0.1, 0.15) is 13.2 Å². The molecule has 3 rings (SSSR count). The van der Waals surface area contributed by atoms with Gasteiger partial charge in [0.25, 0.3) is 5.91 Å². The normalized spacial score (nSPS) is 24.4. The first-order chi connectivity index (χ1) is 9.75. The third-order valence-corrected chi connectivity index (χ3v) is 4.48. The Morgan fingerprint density at radius 3 is 2.95 bits per heavy atom. The second-order valence-corrected chi connectivity index (χ2v) is 5.81. The van der Waals surface area contributed by atoms with Crippen molar-refractivity contribution in [2.75, 3.05) is 19.8 Å². The van der Waals surface area contributed by atoms with Crippen molar-refractivity contribution in [1.29, 1.82) is 0 Å². The first-order valence-corrected chi connectivity index (χ1v) is 7.50. The van der Waals surface area contributed by atoms with Crippen molar-refractivity contribution in [3.05, 3.63) is 23.8 Å². The van der Waals surface area contributed by atoms with Crippen molar-refractivity contribution in [1.82, 2.24) is 5.32 Å². The zero-order valence-electron chi connectivity index (χ0n) is 11.2. The van der Waals surface area contributed by atoms with E-state index in [1.807, 2.05) is 12.1 Å². The van der Waals surface area contributed by atoms with Gasteiger partial charge < -0.3 is 14.8 Å². The molecule has 4 nitrogen and oxygen atoms in total. The molecule has 2 atom stereocenters. The minimum Gasteiger partial charge on any atom is -0.486 e. The van der Waals surface area contributed by atoms with E-state index in [1.54, 1.807) is 6.07 Å². The molecular formula is C15H18ClNO3. The van der Waals surface area contributed by atoms with E-state index in [4.69, 9.17) is 21.1 Å². The quantitative estimate of drug-likeness (QED) is 0.872. The van der Waals surface area contributed by atoms with E-state index < -0.39 is 0 Å². The number of carbonyl (C=O) groups is 1. The summed E-state index contributed by atoms with van der Waals surface area (Å²) in [6.45, 7) is 1.62. The molecule has 1 aliphatic heterocycles. The van der Waals surface area contributed by atoms with Gasteiger partial charge in [-0.3, -0.25) is 4.79 Å². The van der Waals surface area contributed by atoms with Crippen LogP contribution in [0.25, 0.3) is 0 Å². The molecule has 20 heavy (non-hydrogen) atoms. The third-order valence-electron chi connectivity index (χ3n) is 3.90. The van der Waals surface area contributed by atoms with Crippen molar-refractivity contribution < 1.29 is 14.3 Å². The van der Waals surface area contributed by atoms with E-state index in [-0.39, 0.29) is 11.3 Å². The molecule has 1 aromatic rings. The standard InChI is InChI=1S/C15H18ClNO3/c16-12-5-1-3-10(12)9-17-15(18)11-4-2-6-13-14(11)20-8-7-19-13/h2,4,6,10,12H,1,3,5,7-9H2,(H,17,18). The number of hydrogen-bond acceptors (Lipinski definition) is 3. The van der Waals surface area contributed by atoms with Crippen LogP contribution in [0.15, 0.2) is 18.2 Å². The van der Waals surface area contributed by atoms with Crippen LogP contribution in [0.2, 0.25) is 0 Å². The van der Waals surface area contributed by atoms with Gasteiger partial charge in [-0.1, -0.05) is 12.5 Å². The highest BCUT2D eigenvalue weighted by atomic mass is 35.5. The molecule has 1 fully saturated rings. The Morgan fingerprint density at radius 2 is 2.15 bits per heavy atom. The van der Waals surface area contributed by atoms with Gasteiger partial charge in [0.2, 0.25) is 0 Å². The molecule has 1 aromatic carbocycles. The summed E-state index contributed by atoms with van der Waals surface area (Å²) in [6.07, 6.45) is 3.27. The topological polar surface area (TPSA) is 47.6 Å². The predicted octanol–water partition coefficient (Wildman–Crippen LogP) is 2.60. The fraction of sp³-hybridized carbons (Fsp3) is 0.533. The van der Waals surface area contributed by atoms with E-state index in [0.717, 1.165) is 19.3 Å². The summed E-state index contributed by atoms with van der Waals surface area (Å²) in [5.74, 6) is 1.44. The van der Waals surface area contributed by atoms with Crippen molar-refractivity contribution in [3.8, 4) is 11.5 Å². The Kier molecular flexibility index (Phi) is 4.01. The number of fused-ring (bicyclic) bond motifs is 1. The van der Waals surface area contributed by atoms with Crippen LogP contribution in [0, 0.1) is 5.92 Å². The first-order valence-electron chi connectivity index (χ1n) is 7.06. The lowest BCUT2D eigenvalue weighted by atomic mass is 10.1. The molecule has 1 aliphatic carbocycles. The van der Waals surface area contributed by atoms with Gasteiger partial charge in [-0.05, 0) is 30.9 Å². The van der Waals surface area contributed by atoms with E-state index in [0.29, 0.717) is 42.7 Å². The zero-order chi connectivity index (χ0) is 13.9. The maximum absolute atomic E-state index is 12.3. The van der Waals surface area contributed by atoms with E-state index in [2.05, 4.69) is 5.32 Å². The number of benzene rings is 1. The van der Waals surface area contributed by atoms with Gasteiger partial charge >= 0.3 is 0 Å². The second-order valence-electron chi connectivity index (χ2n) is 5.25. The van der Waals surface area contributed by atoms with E-state index in [9.17, 15) is 4.79 Å². The van der Waals surface area contributed by atoms with Gasteiger partial charge in [0.05, 0.1) is 5.56 Å². The molecule has 2 unspecified atom stereocenters. The number of amides is 1. The molecule has 0 radical (unpaired) electrons. The lowest BCUT2D eigenvalue weighted by Crippen LogP contribution is -2.31. The van der Waals surface area contributed by atoms with Crippen molar-refractivity contribution in [2.24, 2.45) is 5.92 Å². The minimum absolute atomic E-state index is 0.122. The highest BCUT2D eigenvalue weighted by molar-refractivity contribution is 6.21.